The van der Waals surface area contributed by atoms with Crippen molar-refractivity contribution in [3.05, 3.63) is 52.1 Å². The van der Waals surface area contributed by atoms with E-state index in [2.05, 4.69) is 50.1 Å². The van der Waals surface area contributed by atoms with Gasteiger partial charge < -0.3 is 10.6 Å². The van der Waals surface area contributed by atoms with E-state index >= 15 is 0 Å². The highest BCUT2D eigenvalue weighted by Crippen LogP contribution is 2.28. The number of benzene rings is 1. The van der Waals surface area contributed by atoms with Crippen LogP contribution in [-0.2, 0) is 13.0 Å². The third kappa shape index (κ3) is 2.08. The molecule has 2 aromatic rings. The summed E-state index contributed by atoms with van der Waals surface area (Å²) in [6.07, 6.45) is 2.85. The van der Waals surface area contributed by atoms with E-state index in [0.29, 0.717) is 0 Å². The highest BCUT2D eigenvalue weighted by molar-refractivity contribution is 9.10. The first kappa shape index (κ1) is 11.5. The Morgan fingerprint density at radius 3 is 2.78 bits per heavy atom. The standard InChI is InChI=1S/C14H14BrN3/c15-12-7-13(16)14(17-8-12)18-6-5-10-3-1-2-4-11(10)9-18/h1-4,7-8H,5-6,9,16H2. The largest absolute Gasteiger partial charge is 0.396 e. The fraction of sp³-hybridized carbons (Fsp3) is 0.214. The van der Waals surface area contributed by atoms with Crippen LogP contribution in [0.2, 0.25) is 0 Å². The van der Waals surface area contributed by atoms with E-state index in [1.165, 1.54) is 11.1 Å². The number of nitrogens with two attached hydrogens (primary N) is 1. The predicted octanol–water partition coefficient (Wildman–Crippen LogP) is 2.99. The van der Waals surface area contributed by atoms with Gasteiger partial charge in [-0.25, -0.2) is 4.98 Å². The molecular formula is C14H14BrN3. The number of halogens is 1. The van der Waals surface area contributed by atoms with Gasteiger partial charge in [0.15, 0.2) is 5.82 Å². The molecule has 0 saturated carbocycles. The summed E-state index contributed by atoms with van der Waals surface area (Å²) in [5.74, 6) is 0.882. The van der Waals surface area contributed by atoms with E-state index < -0.39 is 0 Å². The normalized spacial score (nSPS) is 14.4. The van der Waals surface area contributed by atoms with Gasteiger partial charge in [-0.15, -0.1) is 0 Å². The van der Waals surface area contributed by atoms with Gasteiger partial charge in [0.25, 0.3) is 0 Å². The highest BCUT2D eigenvalue weighted by Gasteiger charge is 2.18. The van der Waals surface area contributed by atoms with Gasteiger partial charge in [0, 0.05) is 23.8 Å². The first-order chi connectivity index (χ1) is 8.74. The summed E-state index contributed by atoms with van der Waals surface area (Å²) in [4.78, 5) is 6.67. The van der Waals surface area contributed by atoms with Gasteiger partial charge in [-0.3, -0.25) is 0 Å². The van der Waals surface area contributed by atoms with Crippen molar-refractivity contribution >= 4 is 27.4 Å². The molecular weight excluding hydrogens is 290 g/mol. The van der Waals surface area contributed by atoms with E-state index in [4.69, 9.17) is 5.73 Å². The number of rotatable bonds is 1. The number of hydrogen-bond donors (Lipinski definition) is 1. The molecule has 0 atom stereocenters. The van der Waals surface area contributed by atoms with Gasteiger partial charge in [0.2, 0.25) is 0 Å². The summed E-state index contributed by atoms with van der Waals surface area (Å²) in [5.41, 5.74) is 9.57. The minimum atomic E-state index is 0.726. The van der Waals surface area contributed by atoms with Crippen LogP contribution in [0.25, 0.3) is 0 Å². The van der Waals surface area contributed by atoms with Gasteiger partial charge in [-0.05, 0) is 39.5 Å². The van der Waals surface area contributed by atoms with Crippen molar-refractivity contribution in [1.82, 2.24) is 4.98 Å². The molecule has 0 amide bonds. The minimum Gasteiger partial charge on any atom is -0.396 e. The van der Waals surface area contributed by atoms with Gasteiger partial charge in [-0.2, -0.15) is 0 Å². The maximum Gasteiger partial charge on any atom is 0.152 e. The molecule has 0 fully saturated rings. The zero-order valence-corrected chi connectivity index (χ0v) is 11.5. The average Bonchev–Trinajstić information content (AvgIpc) is 2.38. The molecule has 1 aromatic heterocycles. The molecule has 0 spiro atoms. The number of pyridine rings is 1. The Balaban J connectivity index is 1.92. The maximum atomic E-state index is 6.04. The molecule has 0 aliphatic carbocycles. The summed E-state index contributed by atoms with van der Waals surface area (Å²) in [7, 11) is 0. The van der Waals surface area contributed by atoms with Crippen molar-refractivity contribution in [2.45, 2.75) is 13.0 Å². The topological polar surface area (TPSA) is 42.1 Å². The summed E-state index contributed by atoms with van der Waals surface area (Å²) in [6.45, 7) is 1.85. The second-order valence-electron chi connectivity index (χ2n) is 4.51. The Labute approximate surface area is 115 Å². The van der Waals surface area contributed by atoms with Crippen molar-refractivity contribution in [3.63, 3.8) is 0 Å². The second-order valence-corrected chi connectivity index (χ2v) is 5.42. The van der Waals surface area contributed by atoms with Crippen LogP contribution in [0.15, 0.2) is 41.0 Å². The van der Waals surface area contributed by atoms with Crippen molar-refractivity contribution in [3.8, 4) is 0 Å². The smallest absolute Gasteiger partial charge is 0.152 e. The number of aromatic nitrogens is 1. The minimum absolute atomic E-state index is 0.726. The van der Waals surface area contributed by atoms with Crippen LogP contribution in [0.5, 0.6) is 0 Å². The molecule has 1 aliphatic heterocycles. The van der Waals surface area contributed by atoms with E-state index in [-0.39, 0.29) is 0 Å². The van der Waals surface area contributed by atoms with Crippen LogP contribution in [0.1, 0.15) is 11.1 Å². The van der Waals surface area contributed by atoms with E-state index in [0.717, 1.165) is 35.5 Å². The molecule has 3 nitrogen and oxygen atoms in total. The summed E-state index contributed by atoms with van der Waals surface area (Å²) in [5, 5.41) is 0. The number of anilines is 2. The Bertz CT molecular complexity index is 583. The SMILES string of the molecule is Nc1cc(Br)cnc1N1CCc2ccccc2C1. The lowest BCUT2D eigenvalue weighted by atomic mass is 10.00. The molecule has 3 rings (SSSR count). The van der Waals surface area contributed by atoms with Crippen LogP contribution in [0.4, 0.5) is 11.5 Å². The number of nitrogen functional groups attached to an aromatic ring is 1. The van der Waals surface area contributed by atoms with Gasteiger partial charge in [0.1, 0.15) is 0 Å². The zero-order valence-electron chi connectivity index (χ0n) is 9.94. The van der Waals surface area contributed by atoms with Gasteiger partial charge in [-0.1, -0.05) is 24.3 Å². The van der Waals surface area contributed by atoms with E-state index in [1.807, 2.05) is 6.07 Å². The first-order valence-electron chi connectivity index (χ1n) is 5.97. The molecule has 92 valence electrons. The number of fused-ring (bicyclic) bond motifs is 1. The highest BCUT2D eigenvalue weighted by atomic mass is 79.9. The van der Waals surface area contributed by atoms with Gasteiger partial charge >= 0.3 is 0 Å². The predicted molar refractivity (Wildman–Crippen MR) is 77.5 cm³/mol. The molecule has 0 radical (unpaired) electrons. The lowest BCUT2D eigenvalue weighted by molar-refractivity contribution is 0.722. The summed E-state index contributed by atoms with van der Waals surface area (Å²) >= 11 is 3.39. The second kappa shape index (κ2) is 4.61. The van der Waals surface area contributed by atoms with Crippen LogP contribution >= 0.6 is 15.9 Å². The lowest BCUT2D eigenvalue weighted by Crippen LogP contribution is -2.31. The van der Waals surface area contributed by atoms with Crippen molar-refractivity contribution in [2.75, 3.05) is 17.2 Å². The zero-order chi connectivity index (χ0) is 12.5. The quantitative estimate of drug-likeness (QED) is 0.880. The summed E-state index contributed by atoms with van der Waals surface area (Å²) < 4.78 is 0.918. The maximum absolute atomic E-state index is 6.04. The van der Waals surface area contributed by atoms with Crippen LogP contribution in [0, 0.1) is 0 Å². The molecule has 4 heteroatoms. The Morgan fingerprint density at radius 1 is 1.22 bits per heavy atom. The van der Waals surface area contributed by atoms with E-state index in [1.54, 1.807) is 6.20 Å². The lowest BCUT2D eigenvalue weighted by Gasteiger charge is -2.30. The van der Waals surface area contributed by atoms with Crippen molar-refractivity contribution in [2.24, 2.45) is 0 Å². The molecule has 0 bridgehead atoms. The molecule has 2 N–H and O–H groups in total. The number of nitrogens with zero attached hydrogens (tertiary/aromatic N) is 2. The third-order valence-corrected chi connectivity index (χ3v) is 3.73. The molecule has 2 heterocycles. The molecule has 18 heavy (non-hydrogen) atoms. The van der Waals surface area contributed by atoms with Crippen LogP contribution in [0.3, 0.4) is 0 Å². The van der Waals surface area contributed by atoms with Crippen LogP contribution < -0.4 is 10.6 Å². The van der Waals surface area contributed by atoms with Crippen LogP contribution in [-0.4, -0.2) is 11.5 Å². The Morgan fingerprint density at radius 2 is 2.00 bits per heavy atom. The van der Waals surface area contributed by atoms with Crippen molar-refractivity contribution in [1.29, 1.82) is 0 Å². The first-order valence-corrected chi connectivity index (χ1v) is 6.76. The Hall–Kier alpha value is -1.55. The number of hydrogen-bond acceptors (Lipinski definition) is 3. The molecule has 1 aromatic carbocycles. The fourth-order valence-corrected chi connectivity index (χ4v) is 2.74. The van der Waals surface area contributed by atoms with E-state index in [9.17, 15) is 0 Å². The third-order valence-electron chi connectivity index (χ3n) is 3.29. The fourth-order valence-electron chi connectivity index (χ4n) is 2.39. The van der Waals surface area contributed by atoms with Crippen molar-refractivity contribution < 1.29 is 0 Å². The molecule has 0 saturated heterocycles. The van der Waals surface area contributed by atoms with Gasteiger partial charge in [0.05, 0.1) is 5.69 Å². The molecule has 0 unspecified atom stereocenters. The summed E-state index contributed by atoms with van der Waals surface area (Å²) in [6, 6.07) is 10.5. The Kier molecular flexibility index (Phi) is 2.96. The molecule has 1 aliphatic rings. The monoisotopic (exact) mass is 303 g/mol. The average molecular weight is 304 g/mol.